The zero-order valence-corrected chi connectivity index (χ0v) is 14.2. The van der Waals surface area contributed by atoms with E-state index in [2.05, 4.69) is 85.6 Å². The van der Waals surface area contributed by atoms with Crippen LogP contribution in [-0.4, -0.2) is 20.7 Å². The van der Waals surface area contributed by atoms with E-state index in [0.717, 1.165) is 5.69 Å². The number of para-hydroxylation sites is 1. The molecule has 0 saturated carbocycles. The van der Waals surface area contributed by atoms with E-state index in [-0.39, 0.29) is 5.54 Å². The Balaban J connectivity index is 2.30. The average Bonchev–Trinajstić information content (AvgIpc) is 2.39. The third-order valence-electron chi connectivity index (χ3n) is 3.23. The number of hydrogen-bond acceptors (Lipinski definition) is 5. The highest BCUT2D eigenvalue weighted by molar-refractivity contribution is 5.65. The third kappa shape index (κ3) is 4.16. The Kier molecular flexibility index (Phi) is 4.64. The summed E-state index contributed by atoms with van der Waals surface area (Å²) in [4.78, 5) is 4.50. The first-order valence-electron chi connectivity index (χ1n) is 7.61. The quantitative estimate of drug-likeness (QED) is 0.883. The maximum Gasteiger partial charge on any atom is 0.245 e. The van der Waals surface area contributed by atoms with E-state index >= 15 is 0 Å². The van der Waals surface area contributed by atoms with Crippen molar-refractivity contribution in [1.82, 2.24) is 15.2 Å². The fraction of sp³-hybridized carbons (Fsp3) is 0.471. The van der Waals surface area contributed by atoms with Crippen molar-refractivity contribution in [2.75, 3.05) is 10.6 Å². The van der Waals surface area contributed by atoms with Crippen molar-refractivity contribution in [2.45, 2.75) is 53.0 Å². The van der Waals surface area contributed by atoms with Crippen LogP contribution in [0.2, 0.25) is 0 Å². The Morgan fingerprint density at radius 3 is 2.50 bits per heavy atom. The molecular weight excluding hydrogens is 274 g/mol. The average molecular weight is 299 g/mol. The van der Waals surface area contributed by atoms with Crippen LogP contribution in [0.4, 0.5) is 17.5 Å². The van der Waals surface area contributed by atoms with E-state index in [1.807, 2.05) is 0 Å². The lowest BCUT2D eigenvalue weighted by Crippen LogP contribution is -2.27. The van der Waals surface area contributed by atoms with Crippen LogP contribution in [-0.2, 0) is 0 Å². The molecule has 0 bridgehead atoms. The van der Waals surface area contributed by atoms with E-state index in [1.54, 1.807) is 6.20 Å². The van der Waals surface area contributed by atoms with E-state index in [9.17, 15) is 0 Å². The fourth-order valence-electron chi connectivity index (χ4n) is 2.22. The second kappa shape index (κ2) is 6.30. The first-order valence-corrected chi connectivity index (χ1v) is 7.61. The van der Waals surface area contributed by atoms with Crippen molar-refractivity contribution in [3.05, 3.63) is 35.5 Å². The molecule has 0 radical (unpaired) electrons. The van der Waals surface area contributed by atoms with Crippen LogP contribution in [0.5, 0.6) is 0 Å². The summed E-state index contributed by atoms with van der Waals surface area (Å²) in [5.74, 6) is 1.65. The minimum atomic E-state index is -0.105. The van der Waals surface area contributed by atoms with Gasteiger partial charge in [0.15, 0.2) is 5.82 Å². The first-order chi connectivity index (χ1) is 10.3. The lowest BCUT2D eigenvalue weighted by Gasteiger charge is -2.20. The molecule has 0 aliphatic heterocycles. The third-order valence-corrected chi connectivity index (χ3v) is 3.23. The number of benzene rings is 1. The molecule has 0 spiro atoms. The van der Waals surface area contributed by atoms with Gasteiger partial charge >= 0.3 is 0 Å². The molecule has 1 aromatic heterocycles. The number of rotatable bonds is 4. The summed E-state index contributed by atoms with van der Waals surface area (Å²) in [6.45, 7) is 12.7. The summed E-state index contributed by atoms with van der Waals surface area (Å²) in [7, 11) is 0. The predicted molar refractivity (Wildman–Crippen MR) is 91.8 cm³/mol. The molecule has 2 aromatic rings. The number of nitrogens with one attached hydrogen (secondary N) is 2. The van der Waals surface area contributed by atoms with Crippen LogP contribution >= 0.6 is 0 Å². The molecular formula is C17H25N5. The Hall–Kier alpha value is -2.17. The Labute approximate surface area is 132 Å². The van der Waals surface area contributed by atoms with E-state index in [1.165, 1.54) is 11.1 Å². The zero-order chi connectivity index (χ0) is 16.3. The van der Waals surface area contributed by atoms with Gasteiger partial charge in [-0.2, -0.15) is 10.1 Å². The molecule has 1 aromatic carbocycles. The molecule has 0 fully saturated rings. The van der Waals surface area contributed by atoms with Crippen molar-refractivity contribution >= 4 is 17.5 Å². The second-order valence-electron chi connectivity index (χ2n) is 6.86. The van der Waals surface area contributed by atoms with E-state index in [0.29, 0.717) is 17.7 Å². The molecule has 0 saturated heterocycles. The predicted octanol–water partition coefficient (Wildman–Crippen LogP) is 4.26. The van der Waals surface area contributed by atoms with Crippen molar-refractivity contribution in [3.8, 4) is 0 Å². The standard InChI is InChI=1S/C17H25N5/c1-11(2)13-9-7-8-12(3)15(13)19-14-10-18-22-16(20-14)21-17(4,5)6/h7-11H,1-6H3,(H2,19,20,21,22). The van der Waals surface area contributed by atoms with Crippen LogP contribution in [0.1, 0.15) is 51.7 Å². The van der Waals surface area contributed by atoms with Gasteiger partial charge in [-0.3, -0.25) is 0 Å². The van der Waals surface area contributed by atoms with Gasteiger partial charge < -0.3 is 10.6 Å². The van der Waals surface area contributed by atoms with Gasteiger partial charge in [0.25, 0.3) is 0 Å². The summed E-state index contributed by atoms with van der Waals surface area (Å²) in [6, 6.07) is 6.32. The molecule has 0 aliphatic carbocycles. The number of aryl methyl sites for hydroxylation is 1. The van der Waals surface area contributed by atoms with Gasteiger partial charge in [0, 0.05) is 11.2 Å². The van der Waals surface area contributed by atoms with E-state index in [4.69, 9.17) is 0 Å². The minimum absolute atomic E-state index is 0.105. The van der Waals surface area contributed by atoms with Crippen LogP contribution in [0.25, 0.3) is 0 Å². The highest BCUT2D eigenvalue weighted by atomic mass is 15.3. The van der Waals surface area contributed by atoms with Gasteiger partial charge in [-0.25, -0.2) is 0 Å². The number of anilines is 3. The second-order valence-corrected chi connectivity index (χ2v) is 6.86. The molecule has 1 heterocycles. The summed E-state index contributed by atoms with van der Waals surface area (Å²) in [5.41, 5.74) is 3.45. The van der Waals surface area contributed by atoms with Crippen LogP contribution in [0.3, 0.4) is 0 Å². The summed E-state index contributed by atoms with van der Waals surface area (Å²) >= 11 is 0. The van der Waals surface area contributed by atoms with Crippen LogP contribution in [0, 0.1) is 6.92 Å². The monoisotopic (exact) mass is 299 g/mol. The molecule has 0 atom stereocenters. The minimum Gasteiger partial charge on any atom is -0.348 e. The fourth-order valence-corrected chi connectivity index (χ4v) is 2.22. The van der Waals surface area contributed by atoms with Crippen molar-refractivity contribution in [2.24, 2.45) is 0 Å². The molecule has 118 valence electrons. The number of nitrogens with zero attached hydrogens (tertiary/aromatic N) is 3. The normalized spacial score (nSPS) is 11.6. The van der Waals surface area contributed by atoms with Crippen LogP contribution < -0.4 is 10.6 Å². The summed E-state index contributed by atoms with van der Waals surface area (Å²) in [6.07, 6.45) is 1.64. The highest BCUT2D eigenvalue weighted by Crippen LogP contribution is 2.29. The molecule has 0 aliphatic rings. The first kappa shape index (κ1) is 16.2. The number of aromatic nitrogens is 3. The Morgan fingerprint density at radius 2 is 1.86 bits per heavy atom. The molecule has 5 nitrogen and oxygen atoms in total. The lowest BCUT2D eigenvalue weighted by molar-refractivity contribution is 0.623. The van der Waals surface area contributed by atoms with Crippen molar-refractivity contribution in [1.29, 1.82) is 0 Å². The smallest absolute Gasteiger partial charge is 0.245 e. The SMILES string of the molecule is Cc1cccc(C(C)C)c1Nc1cnnc(NC(C)(C)C)n1. The maximum atomic E-state index is 4.50. The molecule has 2 rings (SSSR count). The summed E-state index contributed by atoms with van der Waals surface area (Å²) < 4.78 is 0. The van der Waals surface area contributed by atoms with Crippen molar-refractivity contribution < 1.29 is 0 Å². The van der Waals surface area contributed by atoms with Gasteiger partial charge in [-0.05, 0) is 44.7 Å². The van der Waals surface area contributed by atoms with Gasteiger partial charge in [0.1, 0.15) is 0 Å². The van der Waals surface area contributed by atoms with Gasteiger partial charge in [-0.1, -0.05) is 32.0 Å². The van der Waals surface area contributed by atoms with Crippen LogP contribution in [0.15, 0.2) is 24.4 Å². The zero-order valence-electron chi connectivity index (χ0n) is 14.2. The van der Waals surface area contributed by atoms with Gasteiger partial charge in [-0.15, -0.1) is 5.10 Å². The van der Waals surface area contributed by atoms with E-state index < -0.39 is 0 Å². The maximum absolute atomic E-state index is 4.50. The largest absolute Gasteiger partial charge is 0.348 e. The molecule has 2 N–H and O–H groups in total. The highest BCUT2D eigenvalue weighted by Gasteiger charge is 2.13. The Bertz CT molecular complexity index is 644. The van der Waals surface area contributed by atoms with Gasteiger partial charge in [0.05, 0.1) is 6.20 Å². The topological polar surface area (TPSA) is 62.7 Å². The van der Waals surface area contributed by atoms with Gasteiger partial charge in [0.2, 0.25) is 5.95 Å². The summed E-state index contributed by atoms with van der Waals surface area (Å²) in [5, 5.41) is 14.7. The number of hydrogen-bond donors (Lipinski definition) is 2. The molecule has 22 heavy (non-hydrogen) atoms. The Morgan fingerprint density at radius 1 is 1.14 bits per heavy atom. The molecule has 0 unspecified atom stereocenters. The lowest BCUT2D eigenvalue weighted by atomic mass is 9.98. The molecule has 5 heteroatoms. The van der Waals surface area contributed by atoms with Crippen molar-refractivity contribution in [3.63, 3.8) is 0 Å². The molecule has 0 amide bonds.